The molecule has 0 saturated heterocycles. The number of hydrogen-bond acceptors (Lipinski definition) is 4. The molecule has 1 aromatic rings. The van der Waals surface area contributed by atoms with Gasteiger partial charge in [-0.25, -0.2) is 9.97 Å². The lowest BCUT2D eigenvalue weighted by atomic mass is 10.4. The van der Waals surface area contributed by atoms with Gasteiger partial charge >= 0.3 is 5.97 Å². The molecule has 0 N–H and O–H groups in total. The van der Waals surface area contributed by atoms with E-state index in [4.69, 9.17) is 4.74 Å². The standard InChI is InChI=1S/C7H8N2O2/c1-5-7(11-6(2)10)3-8-4-9-5/h3-4H,1-2H3. The second-order valence-corrected chi connectivity index (χ2v) is 2.07. The first-order valence-corrected chi connectivity index (χ1v) is 3.15. The maximum atomic E-state index is 10.5. The van der Waals surface area contributed by atoms with Gasteiger partial charge in [-0.3, -0.25) is 4.79 Å². The van der Waals surface area contributed by atoms with Crippen molar-refractivity contribution >= 4 is 5.97 Å². The van der Waals surface area contributed by atoms with Crippen molar-refractivity contribution in [1.29, 1.82) is 0 Å². The lowest BCUT2D eigenvalue weighted by Gasteiger charge is -2.01. The summed E-state index contributed by atoms with van der Waals surface area (Å²) in [7, 11) is 0. The van der Waals surface area contributed by atoms with Crippen molar-refractivity contribution in [3.63, 3.8) is 0 Å². The first-order chi connectivity index (χ1) is 5.20. The van der Waals surface area contributed by atoms with Crippen LogP contribution >= 0.6 is 0 Å². The Morgan fingerprint density at radius 3 is 2.91 bits per heavy atom. The molecule has 0 amide bonds. The van der Waals surface area contributed by atoms with Crippen molar-refractivity contribution in [2.45, 2.75) is 13.8 Å². The third kappa shape index (κ3) is 2.00. The van der Waals surface area contributed by atoms with Crippen LogP contribution in [-0.2, 0) is 4.79 Å². The zero-order chi connectivity index (χ0) is 8.27. The number of rotatable bonds is 1. The highest BCUT2D eigenvalue weighted by Crippen LogP contribution is 2.11. The zero-order valence-electron chi connectivity index (χ0n) is 6.37. The van der Waals surface area contributed by atoms with E-state index in [1.165, 1.54) is 19.4 Å². The lowest BCUT2D eigenvalue weighted by Crippen LogP contribution is -2.03. The van der Waals surface area contributed by atoms with Gasteiger partial charge in [0.25, 0.3) is 0 Å². The van der Waals surface area contributed by atoms with Crippen LogP contribution in [0.3, 0.4) is 0 Å². The van der Waals surface area contributed by atoms with Crippen LogP contribution in [0.4, 0.5) is 0 Å². The molecule has 0 bridgehead atoms. The molecule has 0 atom stereocenters. The summed E-state index contributed by atoms with van der Waals surface area (Å²) in [5.74, 6) is 0.0582. The third-order valence-corrected chi connectivity index (χ3v) is 1.12. The van der Waals surface area contributed by atoms with Crippen LogP contribution < -0.4 is 4.74 Å². The van der Waals surface area contributed by atoms with Gasteiger partial charge in [0.05, 0.1) is 11.9 Å². The van der Waals surface area contributed by atoms with Crippen molar-refractivity contribution in [2.75, 3.05) is 0 Å². The Bertz CT molecular complexity index is 273. The average Bonchev–Trinajstić information content (AvgIpc) is 1.93. The van der Waals surface area contributed by atoms with Crippen molar-refractivity contribution in [1.82, 2.24) is 9.97 Å². The molecule has 0 aliphatic rings. The van der Waals surface area contributed by atoms with Crippen molar-refractivity contribution in [3.8, 4) is 5.75 Å². The van der Waals surface area contributed by atoms with Crippen LogP contribution in [0.25, 0.3) is 0 Å². The summed E-state index contributed by atoms with van der Waals surface area (Å²) in [6, 6.07) is 0. The topological polar surface area (TPSA) is 52.1 Å². The highest BCUT2D eigenvalue weighted by atomic mass is 16.5. The van der Waals surface area contributed by atoms with Gasteiger partial charge in [0, 0.05) is 6.92 Å². The molecule has 0 aliphatic heterocycles. The molecule has 0 radical (unpaired) electrons. The maximum absolute atomic E-state index is 10.5. The minimum Gasteiger partial charge on any atom is -0.423 e. The Morgan fingerprint density at radius 2 is 2.36 bits per heavy atom. The third-order valence-electron chi connectivity index (χ3n) is 1.12. The SMILES string of the molecule is CC(=O)Oc1cncnc1C. The Labute approximate surface area is 64.2 Å². The van der Waals surface area contributed by atoms with Gasteiger partial charge in [-0.2, -0.15) is 0 Å². The van der Waals surface area contributed by atoms with E-state index >= 15 is 0 Å². The van der Waals surface area contributed by atoms with E-state index < -0.39 is 0 Å². The maximum Gasteiger partial charge on any atom is 0.308 e. The average molecular weight is 152 g/mol. The van der Waals surface area contributed by atoms with Gasteiger partial charge in [-0.05, 0) is 6.92 Å². The predicted molar refractivity (Wildman–Crippen MR) is 38.1 cm³/mol. The van der Waals surface area contributed by atoms with Crippen LogP contribution in [0.2, 0.25) is 0 Å². The molecule has 0 spiro atoms. The molecule has 4 nitrogen and oxygen atoms in total. The summed E-state index contributed by atoms with van der Waals surface area (Å²) in [6.45, 7) is 3.09. The molecule has 0 aliphatic carbocycles. The number of ether oxygens (including phenoxy) is 1. The molecule has 0 saturated carbocycles. The van der Waals surface area contributed by atoms with Gasteiger partial charge in [-0.15, -0.1) is 0 Å². The summed E-state index contributed by atoms with van der Waals surface area (Å²) >= 11 is 0. The van der Waals surface area contributed by atoms with Gasteiger partial charge in [0.15, 0.2) is 5.75 Å². The largest absolute Gasteiger partial charge is 0.423 e. The van der Waals surface area contributed by atoms with Crippen LogP contribution in [0.15, 0.2) is 12.5 Å². The van der Waals surface area contributed by atoms with Gasteiger partial charge in [0.2, 0.25) is 0 Å². The van der Waals surface area contributed by atoms with Crippen molar-refractivity contribution in [3.05, 3.63) is 18.2 Å². The minimum atomic E-state index is -0.358. The first kappa shape index (κ1) is 7.65. The van der Waals surface area contributed by atoms with Crippen molar-refractivity contribution < 1.29 is 9.53 Å². The molecule has 58 valence electrons. The fourth-order valence-electron chi connectivity index (χ4n) is 0.633. The Balaban J connectivity index is 2.86. The van der Waals surface area contributed by atoms with E-state index in [9.17, 15) is 4.79 Å². The second kappa shape index (κ2) is 3.09. The number of aromatic nitrogens is 2. The molecule has 0 unspecified atom stereocenters. The smallest absolute Gasteiger partial charge is 0.308 e. The monoisotopic (exact) mass is 152 g/mol. The molecule has 1 rings (SSSR count). The number of aryl methyl sites for hydroxylation is 1. The van der Waals surface area contributed by atoms with E-state index in [1.54, 1.807) is 6.92 Å². The quantitative estimate of drug-likeness (QED) is 0.556. The molecule has 1 aromatic heterocycles. The lowest BCUT2D eigenvalue weighted by molar-refractivity contribution is -0.131. The predicted octanol–water partition coefficient (Wildman–Crippen LogP) is 0.710. The zero-order valence-corrected chi connectivity index (χ0v) is 6.37. The second-order valence-electron chi connectivity index (χ2n) is 2.07. The number of nitrogens with zero attached hydrogens (tertiary/aromatic N) is 2. The van der Waals surface area contributed by atoms with E-state index in [2.05, 4.69) is 9.97 Å². The normalized spacial score (nSPS) is 9.27. The fourth-order valence-corrected chi connectivity index (χ4v) is 0.633. The first-order valence-electron chi connectivity index (χ1n) is 3.15. The summed E-state index contributed by atoms with van der Waals surface area (Å²) in [6.07, 6.45) is 2.87. The summed E-state index contributed by atoms with van der Waals surface area (Å²) < 4.78 is 4.78. The summed E-state index contributed by atoms with van der Waals surface area (Å²) in [4.78, 5) is 18.0. The minimum absolute atomic E-state index is 0.358. The number of hydrogen-bond donors (Lipinski definition) is 0. The number of esters is 1. The Morgan fingerprint density at radius 1 is 1.64 bits per heavy atom. The van der Waals surface area contributed by atoms with E-state index in [0.29, 0.717) is 11.4 Å². The van der Waals surface area contributed by atoms with E-state index in [-0.39, 0.29) is 5.97 Å². The van der Waals surface area contributed by atoms with Crippen molar-refractivity contribution in [2.24, 2.45) is 0 Å². The van der Waals surface area contributed by atoms with Gasteiger partial charge in [0.1, 0.15) is 6.33 Å². The highest BCUT2D eigenvalue weighted by molar-refractivity contribution is 5.69. The molecule has 0 aromatic carbocycles. The van der Waals surface area contributed by atoms with Crippen LogP contribution in [0.5, 0.6) is 5.75 Å². The number of carbonyl (C=O) groups excluding carboxylic acids is 1. The molecule has 4 heteroatoms. The summed E-state index contributed by atoms with van der Waals surface area (Å²) in [5, 5.41) is 0. The Kier molecular flexibility index (Phi) is 2.15. The summed E-state index contributed by atoms with van der Waals surface area (Å²) in [5.41, 5.74) is 0.662. The Hall–Kier alpha value is -1.45. The molecule has 1 heterocycles. The van der Waals surface area contributed by atoms with E-state index in [1.807, 2.05) is 0 Å². The molecular formula is C7H8N2O2. The van der Waals surface area contributed by atoms with Crippen LogP contribution in [-0.4, -0.2) is 15.9 Å². The van der Waals surface area contributed by atoms with Gasteiger partial charge in [-0.1, -0.05) is 0 Å². The molecule has 0 fully saturated rings. The van der Waals surface area contributed by atoms with E-state index in [0.717, 1.165) is 0 Å². The highest BCUT2D eigenvalue weighted by Gasteiger charge is 2.01. The van der Waals surface area contributed by atoms with Crippen LogP contribution in [0.1, 0.15) is 12.6 Å². The van der Waals surface area contributed by atoms with Gasteiger partial charge < -0.3 is 4.74 Å². The number of carbonyl (C=O) groups is 1. The molecular weight excluding hydrogens is 144 g/mol. The van der Waals surface area contributed by atoms with Crippen LogP contribution in [0, 0.1) is 6.92 Å². The molecule has 11 heavy (non-hydrogen) atoms. The fraction of sp³-hybridized carbons (Fsp3) is 0.286.